The van der Waals surface area contributed by atoms with Crippen molar-refractivity contribution in [2.45, 2.75) is 49.1 Å². The second-order valence-electron chi connectivity index (χ2n) is 11.1. The Morgan fingerprint density at radius 3 is 2.40 bits per heavy atom. The lowest BCUT2D eigenvalue weighted by molar-refractivity contribution is -0.200. The molecule has 228 valence electrons. The summed E-state index contributed by atoms with van der Waals surface area (Å²) in [5.41, 5.74) is 6.88. The van der Waals surface area contributed by atoms with Gasteiger partial charge in [0.15, 0.2) is 16.1 Å². The number of carbonyl (C=O) groups excluding carboxylic acids is 2. The minimum Gasteiger partial charge on any atom is -0.448 e. The van der Waals surface area contributed by atoms with Gasteiger partial charge in [-0.3, -0.25) is 4.79 Å². The predicted molar refractivity (Wildman–Crippen MR) is 166 cm³/mol. The lowest BCUT2D eigenvalue weighted by atomic mass is 9.97. The van der Waals surface area contributed by atoms with Crippen molar-refractivity contribution in [3.8, 4) is 11.1 Å². The van der Waals surface area contributed by atoms with Crippen molar-refractivity contribution >= 4 is 49.1 Å². The number of amides is 2. The molecule has 2 amide bonds. The van der Waals surface area contributed by atoms with Crippen molar-refractivity contribution in [2.24, 2.45) is 0 Å². The third kappa shape index (κ3) is 6.12. The van der Waals surface area contributed by atoms with E-state index in [9.17, 15) is 18.0 Å². The van der Waals surface area contributed by atoms with Gasteiger partial charge in [-0.2, -0.15) is 0 Å². The standard InChI is InChI=1S/C31H33BrN2O7S2/c32-27-13-12-26(42-27)31(19-28(35)33-41-29-11-5-6-17-39-29)14-15-34(16-18-43(31,37)38)30(36)40-20-25-23-9-3-1-7-21(23)22-8-2-4-10-24(22)25/h1-4,7-10,12-13,25,29H,5-6,11,14-20H2,(H,33,35)/t29?,31-/m0/s1. The molecule has 1 aliphatic carbocycles. The molecule has 1 N–H and O–H groups in total. The molecule has 3 aliphatic rings. The zero-order valence-electron chi connectivity index (χ0n) is 23.5. The molecule has 2 atom stereocenters. The maximum Gasteiger partial charge on any atom is 0.409 e. The van der Waals surface area contributed by atoms with Gasteiger partial charge in [-0.05, 0) is 69.6 Å². The van der Waals surface area contributed by atoms with Gasteiger partial charge in [0.2, 0.25) is 5.91 Å². The average molecular weight is 690 g/mol. The van der Waals surface area contributed by atoms with Gasteiger partial charge in [0.05, 0.1) is 16.0 Å². The van der Waals surface area contributed by atoms with Crippen molar-refractivity contribution in [2.75, 3.05) is 32.1 Å². The second-order valence-corrected chi connectivity index (χ2v) is 16.0. The molecule has 6 rings (SSSR count). The minimum atomic E-state index is -3.88. The van der Waals surface area contributed by atoms with Gasteiger partial charge in [-0.15, -0.1) is 11.3 Å². The minimum absolute atomic E-state index is 0.0265. The van der Waals surface area contributed by atoms with Crippen LogP contribution in [0, 0.1) is 0 Å². The Kier molecular flexibility index (Phi) is 8.93. The number of rotatable bonds is 7. The van der Waals surface area contributed by atoms with Crippen molar-refractivity contribution in [3.05, 3.63) is 80.5 Å². The summed E-state index contributed by atoms with van der Waals surface area (Å²) in [5, 5.41) is 0. The summed E-state index contributed by atoms with van der Waals surface area (Å²) in [6.07, 6.45) is 1.09. The number of nitrogens with zero attached hydrogens (tertiary/aromatic N) is 1. The predicted octanol–water partition coefficient (Wildman–Crippen LogP) is 5.74. The number of halogens is 1. The molecule has 2 aliphatic heterocycles. The molecule has 2 saturated heterocycles. The Bertz CT molecular complexity index is 1560. The molecule has 1 unspecified atom stereocenters. The number of hydrogen-bond acceptors (Lipinski definition) is 8. The van der Waals surface area contributed by atoms with E-state index in [4.69, 9.17) is 14.3 Å². The molecule has 9 nitrogen and oxygen atoms in total. The summed E-state index contributed by atoms with van der Waals surface area (Å²) in [7, 11) is -3.88. The highest BCUT2D eigenvalue weighted by molar-refractivity contribution is 9.11. The maximum atomic E-state index is 14.0. The van der Waals surface area contributed by atoms with Crippen LogP contribution in [0.1, 0.15) is 54.0 Å². The van der Waals surface area contributed by atoms with Crippen LogP contribution in [0.3, 0.4) is 0 Å². The highest BCUT2D eigenvalue weighted by Gasteiger charge is 2.50. The number of hydroxylamine groups is 1. The van der Waals surface area contributed by atoms with Gasteiger partial charge in [-0.1, -0.05) is 48.5 Å². The monoisotopic (exact) mass is 688 g/mol. The Morgan fingerprint density at radius 1 is 1.02 bits per heavy atom. The quantitative estimate of drug-likeness (QED) is 0.315. The van der Waals surface area contributed by atoms with Gasteiger partial charge in [0.25, 0.3) is 0 Å². The van der Waals surface area contributed by atoms with Gasteiger partial charge >= 0.3 is 6.09 Å². The van der Waals surface area contributed by atoms with Gasteiger partial charge in [0, 0.05) is 36.9 Å². The second kappa shape index (κ2) is 12.7. The van der Waals surface area contributed by atoms with E-state index in [2.05, 4.69) is 45.7 Å². The van der Waals surface area contributed by atoms with Gasteiger partial charge in [0.1, 0.15) is 11.4 Å². The fraction of sp³-hybridized carbons (Fsp3) is 0.419. The third-order valence-corrected chi connectivity index (χ3v) is 13.0. The fourth-order valence-electron chi connectivity index (χ4n) is 6.23. The molecule has 2 fully saturated rings. The van der Waals surface area contributed by atoms with Crippen LogP contribution in [-0.2, 0) is 33.7 Å². The maximum absolute atomic E-state index is 14.0. The number of fused-ring (bicyclic) bond motifs is 3. The number of hydrogen-bond donors (Lipinski definition) is 1. The summed E-state index contributed by atoms with van der Waals surface area (Å²) in [4.78, 5) is 34.0. The fourth-order valence-corrected chi connectivity index (χ4v) is 10.2. The number of nitrogens with one attached hydrogen (secondary N) is 1. The summed E-state index contributed by atoms with van der Waals surface area (Å²) in [6, 6.07) is 19.7. The van der Waals surface area contributed by atoms with Crippen LogP contribution in [0.25, 0.3) is 11.1 Å². The summed E-state index contributed by atoms with van der Waals surface area (Å²) < 4.78 is 38.5. The number of carbonyl (C=O) groups is 2. The van der Waals surface area contributed by atoms with E-state index in [0.717, 1.165) is 38.9 Å². The van der Waals surface area contributed by atoms with E-state index in [1.54, 1.807) is 12.1 Å². The molecule has 0 spiro atoms. The molecule has 0 radical (unpaired) electrons. The lowest BCUT2D eigenvalue weighted by Gasteiger charge is -2.31. The first-order valence-electron chi connectivity index (χ1n) is 14.4. The SMILES string of the molecule is O=C(C[C@]1(c2ccc(Br)s2)CCN(C(=O)OCC2c3ccccc3-c3ccccc32)CCS1(=O)=O)NOC1CCCCO1. The summed E-state index contributed by atoms with van der Waals surface area (Å²) in [6.45, 7) is 0.780. The Morgan fingerprint density at radius 2 is 1.74 bits per heavy atom. The molecule has 43 heavy (non-hydrogen) atoms. The van der Waals surface area contributed by atoms with E-state index in [1.165, 1.54) is 16.2 Å². The van der Waals surface area contributed by atoms with Crippen LogP contribution >= 0.6 is 27.3 Å². The molecule has 2 aromatic carbocycles. The van der Waals surface area contributed by atoms with Crippen molar-refractivity contribution < 1.29 is 32.3 Å². The first-order chi connectivity index (χ1) is 20.8. The molecular weight excluding hydrogens is 656 g/mol. The van der Waals surface area contributed by atoms with Crippen molar-refractivity contribution in [1.82, 2.24) is 10.4 Å². The molecule has 0 saturated carbocycles. The molecule has 1 aromatic heterocycles. The number of ether oxygens (including phenoxy) is 2. The zero-order chi connectivity index (χ0) is 30.0. The van der Waals surface area contributed by atoms with E-state index < -0.39 is 32.9 Å². The van der Waals surface area contributed by atoms with E-state index in [0.29, 0.717) is 17.9 Å². The molecule has 3 heterocycles. The number of benzene rings is 2. The van der Waals surface area contributed by atoms with Crippen molar-refractivity contribution in [3.63, 3.8) is 0 Å². The van der Waals surface area contributed by atoms with E-state index in [1.807, 2.05) is 24.3 Å². The molecule has 0 bridgehead atoms. The Labute approximate surface area is 263 Å². The Balaban J connectivity index is 1.17. The largest absolute Gasteiger partial charge is 0.448 e. The van der Waals surface area contributed by atoms with Crippen LogP contribution in [0.15, 0.2) is 64.5 Å². The third-order valence-electron chi connectivity index (χ3n) is 8.52. The molecule has 3 aromatic rings. The van der Waals surface area contributed by atoms with Crippen LogP contribution in [-0.4, -0.2) is 63.7 Å². The van der Waals surface area contributed by atoms with Crippen LogP contribution in [0.5, 0.6) is 0 Å². The van der Waals surface area contributed by atoms with E-state index >= 15 is 0 Å². The number of sulfone groups is 1. The lowest BCUT2D eigenvalue weighted by Crippen LogP contribution is -2.43. The topological polar surface area (TPSA) is 111 Å². The van der Waals surface area contributed by atoms with Crippen LogP contribution < -0.4 is 5.48 Å². The highest BCUT2D eigenvalue weighted by Crippen LogP contribution is 2.46. The summed E-state index contributed by atoms with van der Waals surface area (Å²) in [5.74, 6) is -0.963. The van der Waals surface area contributed by atoms with Gasteiger partial charge in [-0.25, -0.2) is 23.5 Å². The van der Waals surface area contributed by atoms with E-state index in [-0.39, 0.29) is 44.2 Å². The Hall–Kier alpha value is -2.77. The average Bonchev–Trinajstić information content (AvgIpc) is 3.56. The van der Waals surface area contributed by atoms with Crippen LogP contribution in [0.2, 0.25) is 0 Å². The van der Waals surface area contributed by atoms with Gasteiger partial charge < -0.3 is 14.4 Å². The van der Waals surface area contributed by atoms with Crippen molar-refractivity contribution in [1.29, 1.82) is 0 Å². The normalized spacial score (nSPS) is 23.2. The smallest absolute Gasteiger partial charge is 0.409 e. The molecule has 12 heteroatoms. The number of thiophene rings is 1. The van der Waals surface area contributed by atoms with Crippen LogP contribution in [0.4, 0.5) is 4.79 Å². The first-order valence-corrected chi connectivity index (χ1v) is 17.7. The highest BCUT2D eigenvalue weighted by atomic mass is 79.9. The zero-order valence-corrected chi connectivity index (χ0v) is 26.7. The summed E-state index contributed by atoms with van der Waals surface area (Å²) >= 11 is 4.71. The first kappa shape index (κ1) is 30.3. The molecular formula is C31H33BrN2O7S2.